The normalized spacial score (nSPS) is 11.6. The number of rotatable bonds is 9. The Bertz CT molecular complexity index is 793. The van der Waals surface area contributed by atoms with Crippen LogP contribution in [-0.2, 0) is 16.1 Å². The van der Waals surface area contributed by atoms with Crippen LogP contribution in [0.1, 0.15) is 31.4 Å². The highest BCUT2D eigenvalue weighted by Gasteiger charge is 2.26. The molecule has 0 saturated heterocycles. The first kappa shape index (κ1) is 22.0. The van der Waals surface area contributed by atoms with Crippen molar-refractivity contribution in [3.8, 4) is 5.75 Å². The Morgan fingerprint density at radius 2 is 1.89 bits per heavy atom. The van der Waals surface area contributed by atoms with Gasteiger partial charge in [-0.05, 0) is 55.7 Å². The van der Waals surface area contributed by atoms with E-state index in [9.17, 15) is 9.59 Å². The standard InChI is InChI=1S/C22H27BrN2O3/c1-4-12-24-22(27)17(3)25(14-18-8-10-19(23)11-9-18)21(26)15-28-20-7-5-6-16(2)13-20/h5-11,13,17H,4,12,14-15H2,1-3H3,(H,24,27)/t17-/m1/s1. The van der Waals surface area contributed by atoms with Gasteiger partial charge in [0.1, 0.15) is 11.8 Å². The molecule has 0 aliphatic heterocycles. The van der Waals surface area contributed by atoms with Crippen LogP contribution in [0.4, 0.5) is 0 Å². The number of ether oxygens (including phenoxy) is 1. The largest absolute Gasteiger partial charge is 0.484 e. The van der Waals surface area contributed by atoms with Gasteiger partial charge in [0.2, 0.25) is 5.91 Å². The van der Waals surface area contributed by atoms with Gasteiger partial charge in [0.05, 0.1) is 0 Å². The second-order valence-electron chi connectivity index (χ2n) is 6.72. The first-order chi connectivity index (χ1) is 13.4. The van der Waals surface area contributed by atoms with Gasteiger partial charge in [-0.3, -0.25) is 9.59 Å². The third kappa shape index (κ3) is 6.68. The number of amides is 2. The Balaban J connectivity index is 2.11. The summed E-state index contributed by atoms with van der Waals surface area (Å²) in [4.78, 5) is 26.9. The maximum absolute atomic E-state index is 12.9. The molecule has 2 rings (SSSR count). The maximum Gasteiger partial charge on any atom is 0.261 e. The van der Waals surface area contributed by atoms with E-state index in [1.54, 1.807) is 11.8 Å². The minimum absolute atomic E-state index is 0.120. The average molecular weight is 447 g/mol. The molecule has 5 nitrogen and oxygen atoms in total. The molecular weight excluding hydrogens is 420 g/mol. The number of benzene rings is 2. The van der Waals surface area contributed by atoms with E-state index in [-0.39, 0.29) is 18.4 Å². The van der Waals surface area contributed by atoms with Gasteiger partial charge in [0.15, 0.2) is 6.61 Å². The monoisotopic (exact) mass is 446 g/mol. The smallest absolute Gasteiger partial charge is 0.261 e. The molecule has 2 amide bonds. The van der Waals surface area contributed by atoms with E-state index < -0.39 is 6.04 Å². The summed E-state index contributed by atoms with van der Waals surface area (Å²) >= 11 is 3.41. The second-order valence-corrected chi connectivity index (χ2v) is 7.64. The molecule has 0 saturated carbocycles. The third-order valence-corrected chi connectivity index (χ3v) is 4.86. The van der Waals surface area contributed by atoms with Crippen LogP contribution in [0, 0.1) is 6.92 Å². The quantitative estimate of drug-likeness (QED) is 0.630. The average Bonchev–Trinajstić information content (AvgIpc) is 2.69. The minimum atomic E-state index is -0.594. The van der Waals surface area contributed by atoms with Crippen molar-refractivity contribution in [2.24, 2.45) is 0 Å². The highest BCUT2D eigenvalue weighted by atomic mass is 79.9. The Morgan fingerprint density at radius 3 is 2.54 bits per heavy atom. The summed E-state index contributed by atoms with van der Waals surface area (Å²) in [5.41, 5.74) is 2.01. The fraction of sp³-hybridized carbons (Fsp3) is 0.364. The summed E-state index contributed by atoms with van der Waals surface area (Å²) in [6.07, 6.45) is 0.843. The SMILES string of the molecule is CCCNC(=O)[C@@H](C)N(Cc1ccc(Br)cc1)C(=O)COc1cccc(C)c1. The van der Waals surface area contributed by atoms with Crippen molar-refractivity contribution in [2.45, 2.75) is 39.8 Å². The summed E-state index contributed by atoms with van der Waals surface area (Å²) < 4.78 is 6.63. The van der Waals surface area contributed by atoms with Crippen LogP contribution in [0.2, 0.25) is 0 Å². The van der Waals surface area contributed by atoms with Crippen LogP contribution < -0.4 is 10.1 Å². The number of nitrogens with zero attached hydrogens (tertiary/aromatic N) is 1. The zero-order chi connectivity index (χ0) is 20.5. The molecule has 0 aromatic heterocycles. The van der Waals surface area contributed by atoms with Gasteiger partial charge in [-0.2, -0.15) is 0 Å². The van der Waals surface area contributed by atoms with Crippen molar-refractivity contribution in [1.82, 2.24) is 10.2 Å². The fourth-order valence-electron chi connectivity index (χ4n) is 2.70. The van der Waals surface area contributed by atoms with Gasteiger partial charge in [-0.15, -0.1) is 0 Å². The molecule has 0 unspecified atom stereocenters. The number of hydrogen-bond donors (Lipinski definition) is 1. The fourth-order valence-corrected chi connectivity index (χ4v) is 2.96. The number of aryl methyl sites for hydroxylation is 1. The van der Waals surface area contributed by atoms with Gasteiger partial charge in [-0.25, -0.2) is 0 Å². The van der Waals surface area contributed by atoms with Crippen LogP contribution in [0.3, 0.4) is 0 Å². The molecule has 0 bridgehead atoms. The molecule has 0 aliphatic carbocycles. The van der Waals surface area contributed by atoms with Crippen molar-refractivity contribution in [3.05, 3.63) is 64.1 Å². The lowest BCUT2D eigenvalue weighted by atomic mass is 10.1. The summed E-state index contributed by atoms with van der Waals surface area (Å²) in [5.74, 6) is 0.242. The van der Waals surface area contributed by atoms with Crippen LogP contribution in [0.15, 0.2) is 53.0 Å². The molecule has 2 aromatic rings. The molecule has 28 heavy (non-hydrogen) atoms. The summed E-state index contributed by atoms with van der Waals surface area (Å²) in [5, 5.41) is 2.86. The molecule has 1 N–H and O–H groups in total. The van der Waals surface area contributed by atoms with E-state index in [1.165, 1.54) is 0 Å². The number of hydrogen-bond acceptors (Lipinski definition) is 3. The molecule has 150 valence electrons. The lowest BCUT2D eigenvalue weighted by Gasteiger charge is -2.28. The van der Waals surface area contributed by atoms with Gasteiger partial charge >= 0.3 is 0 Å². The molecule has 0 radical (unpaired) electrons. The zero-order valence-corrected chi connectivity index (χ0v) is 18.2. The first-order valence-corrected chi connectivity index (χ1v) is 10.2. The summed E-state index contributed by atoms with van der Waals surface area (Å²) in [6, 6.07) is 14.7. The predicted octanol–water partition coefficient (Wildman–Crippen LogP) is 4.08. The van der Waals surface area contributed by atoms with Gasteiger partial charge in [0.25, 0.3) is 5.91 Å². The molecule has 0 aliphatic rings. The number of carbonyl (C=O) groups excluding carboxylic acids is 2. The van der Waals surface area contributed by atoms with Gasteiger partial charge in [-0.1, -0.05) is 47.1 Å². The highest BCUT2D eigenvalue weighted by molar-refractivity contribution is 9.10. The Labute approximate surface area is 175 Å². The first-order valence-electron chi connectivity index (χ1n) is 9.41. The van der Waals surface area contributed by atoms with E-state index >= 15 is 0 Å². The van der Waals surface area contributed by atoms with Gasteiger partial charge in [0, 0.05) is 17.6 Å². The molecule has 0 fully saturated rings. The second kappa shape index (κ2) is 10.9. The summed E-state index contributed by atoms with van der Waals surface area (Å²) in [6.45, 7) is 6.51. The number of halogens is 1. The molecule has 6 heteroatoms. The molecule has 0 heterocycles. The van der Waals surface area contributed by atoms with Crippen LogP contribution in [0.5, 0.6) is 5.75 Å². The van der Waals surface area contributed by atoms with E-state index in [1.807, 2.05) is 62.4 Å². The van der Waals surface area contributed by atoms with E-state index in [0.717, 1.165) is 22.0 Å². The third-order valence-electron chi connectivity index (χ3n) is 4.33. The topological polar surface area (TPSA) is 58.6 Å². The van der Waals surface area contributed by atoms with Crippen molar-refractivity contribution in [1.29, 1.82) is 0 Å². The lowest BCUT2D eigenvalue weighted by Crippen LogP contribution is -2.49. The molecule has 1 atom stereocenters. The predicted molar refractivity (Wildman–Crippen MR) is 114 cm³/mol. The molecule has 2 aromatic carbocycles. The Kier molecular flexibility index (Phi) is 8.51. The molecule has 0 spiro atoms. The van der Waals surface area contributed by atoms with Crippen molar-refractivity contribution >= 4 is 27.7 Å². The highest BCUT2D eigenvalue weighted by Crippen LogP contribution is 2.16. The lowest BCUT2D eigenvalue weighted by molar-refractivity contribution is -0.142. The van der Waals surface area contributed by atoms with Gasteiger partial charge < -0.3 is 15.0 Å². The van der Waals surface area contributed by atoms with Crippen molar-refractivity contribution < 1.29 is 14.3 Å². The van der Waals surface area contributed by atoms with Crippen LogP contribution >= 0.6 is 15.9 Å². The van der Waals surface area contributed by atoms with Crippen LogP contribution in [-0.4, -0.2) is 35.9 Å². The Morgan fingerprint density at radius 1 is 1.18 bits per heavy atom. The number of carbonyl (C=O) groups is 2. The molecular formula is C22H27BrN2O3. The maximum atomic E-state index is 12.9. The summed E-state index contributed by atoms with van der Waals surface area (Å²) in [7, 11) is 0. The number of nitrogens with one attached hydrogen (secondary N) is 1. The van der Waals surface area contributed by atoms with Crippen molar-refractivity contribution in [3.63, 3.8) is 0 Å². The van der Waals surface area contributed by atoms with Crippen molar-refractivity contribution in [2.75, 3.05) is 13.2 Å². The van der Waals surface area contributed by atoms with E-state index in [0.29, 0.717) is 18.8 Å². The Hall–Kier alpha value is -2.34. The van der Waals surface area contributed by atoms with E-state index in [4.69, 9.17) is 4.74 Å². The van der Waals surface area contributed by atoms with E-state index in [2.05, 4.69) is 21.2 Å². The minimum Gasteiger partial charge on any atom is -0.484 e. The zero-order valence-electron chi connectivity index (χ0n) is 16.6. The van der Waals surface area contributed by atoms with Crippen LogP contribution in [0.25, 0.3) is 0 Å².